The van der Waals surface area contributed by atoms with Crippen LogP contribution in [0.5, 0.6) is 0 Å². The lowest BCUT2D eigenvalue weighted by molar-refractivity contribution is 0.357. The molecule has 2 heteroatoms. The summed E-state index contributed by atoms with van der Waals surface area (Å²) >= 11 is 2.11. The fraction of sp³-hybridized carbons (Fsp3) is 1.00. The molecule has 1 aliphatic rings. The third kappa shape index (κ3) is 3.51. The van der Waals surface area contributed by atoms with Crippen LogP contribution in [0.4, 0.5) is 0 Å². The summed E-state index contributed by atoms with van der Waals surface area (Å²) in [5, 5.41) is 1.50. The predicted octanol–water partition coefficient (Wildman–Crippen LogP) is 3.03. The van der Waals surface area contributed by atoms with Crippen molar-refractivity contribution < 1.29 is 0 Å². The second kappa shape index (κ2) is 5.26. The summed E-state index contributed by atoms with van der Waals surface area (Å²) in [5.41, 5.74) is 6.12. The van der Waals surface area contributed by atoms with Crippen molar-refractivity contribution in [2.45, 2.75) is 63.0 Å². The second-order valence-corrected chi connectivity index (χ2v) is 6.16. The Bertz CT molecular complexity index is 149. The van der Waals surface area contributed by atoms with Crippen molar-refractivity contribution in [3.8, 4) is 0 Å². The van der Waals surface area contributed by atoms with Gasteiger partial charge in [-0.3, -0.25) is 0 Å². The van der Waals surface area contributed by atoms with Crippen LogP contribution in [0.3, 0.4) is 0 Å². The fourth-order valence-corrected chi connectivity index (χ4v) is 3.47. The molecule has 0 aliphatic heterocycles. The van der Waals surface area contributed by atoms with Gasteiger partial charge in [-0.25, -0.2) is 0 Å². The van der Waals surface area contributed by atoms with Crippen molar-refractivity contribution in [1.82, 2.24) is 0 Å². The molecule has 4 unspecified atom stereocenters. The largest absolute Gasteiger partial charge is 0.327 e. The van der Waals surface area contributed by atoms with Crippen molar-refractivity contribution in [2.24, 2.45) is 11.7 Å². The van der Waals surface area contributed by atoms with E-state index in [0.717, 1.165) is 16.4 Å². The molecule has 0 aromatic heterocycles. The van der Waals surface area contributed by atoms with E-state index in [4.69, 9.17) is 5.73 Å². The van der Waals surface area contributed by atoms with Gasteiger partial charge in [-0.2, -0.15) is 11.8 Å². The maximum atomic E-state index is 6.12. The van der Waals surface area contributed by atoms with Crippen LogP contribution >= 0.6 is 11.8 Å². The summed E-state index contributed by atoms with van der Waals surface area (Å²) in [4.78, 5) is 0. The zero-order chi connectivity index (χ0) is 9.84. The van der Waals surface area contributed by atoms with Gasteiger partial charge in [-0.1, -0.05) is 20.8 Å². The van der Waals surface area contributed by atoms with Crippen LogP contribution < -0.4 is 5.73 Å². The van der Waals surface area contributed by atoms with Crippen LogP contribution in [0.15, 0.2) is 0 Å². The molecule has 1 fully saturated rings. The van der Waals surface area contributed by atoms with E-state index in [9.17, 15) is 0 Å². The molecular formula is C11H23NS. The molecule has 4 atom stereocenters. The van der Waals surface area contributed by atoms with E-state index < -0.39 is 0 Å². The lowest BCUT2D eigenvalue weighted by Crippen LogP contribution is -2.38. The molecule has 0 aromatic carbocycles. The second-order valence-electron chi connectivity index (χ2n) is 4.48. The summed E-state index contributed by atoms with van der Waals surface area (Å²) in [5.74, 6) is 0.890. The Hall–Kier alpha value is 0.310. The maximum absolute atomic E-state index is 6.12. The standard InChI is InChI=1S/C11H23NS/c1-4-9(3)13-11-7-8(2)5-6-10(11)12/h8-11H,4-7,12H2,1-3H3. The highest BCUT2D eigenvalue weighted by atomic mass is 32.2. The van der Waals surface area contributed by atoms with Crippen molar-refractivity contribution in [3.05, 3.63) is 0 Å². The van der Waals surface area contributed by atoms with E-state index >= 15 is 0 Å². The zero-order valence-electron chi connectivity index (χ0n) is 9.12. The molecule has 0 bridgehead atoms. The molecule has 13 heavy (non-hydrogen) atoms. The quantitative estimate of drug-likeness (QED) is 0.759. The normalized spacial score (nSPS) is 37.4. The molecule has 78 valence electrons. The molecule has 1 aliphatic carbocycles. The van der Waals surface area contributed by atoms with E-state index in [1.165, 1.54) is 25.7 Å². The van der Waals surface area contributed by atoms with Gasteiger partial charge in [0.15, 0.2) is 0 Å². The van der Waals surface area contributed by atoms with Crippen molar-refractivity contribution in [1.29, 1.82) is 0 Å². The zero-order valence-corrected chi connectivity index (χ0v) is 9.94. The van der Waals surface area contributed by atoms with Gasteiger partial charge >= 0.3 is 0 Å². The average molecular weight is 201 g/mol. The molecule has 0 radical (unpaired) electrons. The molecule has 0 amide bonds. The van der Waals surface area contributed by atoms with E-state index in [1.54, 1.807) is 0 Å². The van der Waals surface area contributed by atoms with Gasteiger partial charge in [0.25, 0.3) is 0 Å². The van der Waals surface area contributed by atoms with Crippen LogP contribution in [0.1, 0.15) is 46.5 Å². The molecule has 1 rings (SSSR count). The third-order valence-corrected chi connectivity index (χ3v) is 4.78. The summed E-state index contributed by atoms with van der Waals surface area (Å²) in [6.45, 7) is 6.93. The first kappa shape index (κ1) is 11.4. The Morgan fingerprint density at radius 2 is 2.15 bits per heavy atom. The fourth-order valence-electron chi connectivity index (χ4n) is 1.90. The Morgan fingerprint density at radius 3 is 2.77 bits per heavy atom. The number of hydrogen-bond donors (Lipinski definition) is 1. The van der Waals surface area contributed by atoms with Crippen molar-refractivity contribution >= 4 is 11.8 Å². The van der Waals surface area contributed by atoms with Gasteiger partial charge in [-0.05, 0) is 31.6 Å². The molecular weight excluding hydrogens is 178 g/mol. The first-order chi connectivity index (χ1) is 6.13. The number of hydrogen-bond acceptors (Lipinski definition) is 2. The van der Waals surface area contributed by atoms with Gasteiger partial charge in [0, 0.05) is 16.5 Å². The van der Waals surface area contributed by atoms with Crippen LogP contribution in [0, 0.1) is 5.92 Å². The maximum Gasteiger partial charge on any atom is 0.0204 e. The number of nitrogens with two attached hydrogens (primary N) is 1. The Balaban J connectivity index is 2.37. The van der Waals surface area contributed by atoms with Gasteiger partial charge in [0.1, 0.15) is 0 Å². The molecule has 0 heterocycles. The molecule has 2 N–H and O–H groups in total. The van der Waals surface area contributed by atoms with Crippen LogP contribution in [-0.4, -0.2) is 16.5 Å². The van der Waals surface area contributed by atoms with E-state index in [-0.39, 0.29) is 0 Å². The minimum Gasteiger partial charge on any atom is -0.327 e. The first-order valence-corrected chi connectivity index (χ1v) is 6.48. The van der Waals surface area contributed by atoms with E-state index in [1.807, 2.05) is 0 Å². The van der Waals surface area contributed by atoms with Crippen molar-refractivity contribution in [2.75, 3.05) is 0 Å². The third-order valence-electron chi connectivity index (χ3n) is 3.09. The highest BCUT2D eigenvalue weighted by Gasteiger charge is 2.27. The molecule has 1 saturated carbocycles. The average Bonchev–Trinajstić information content (AvgIpc) is 2.11. The number of thioether (sulfide) groups is 1. The van der Waals surface area contributed by atoms with Gasteiger partial charge < -0.3 is 5.73 Å². The molecule has 0 spiro atoms. The smallest absolute Gasteiger partial charge is 0.0204 e. The molecule has 0 aromatic rings. The summed E-state index contributed by atoms with van der Waals surface area (Å²) < 4.78 is 0. The van der Waals surface area contributed by atoms with Crippen molar-refractivity contribution in [3.63, 3.8) is 0 Å². The topological polar surface area (TPSA) is 26.0 Å². The summed E-state index contributed by atoms with van der Waals surface area (Å²) in [7, 11) is 0. The predicted molar refractivity (Wildman–Crippen MR) is 62.1 cm³/mol. The summed E-state index contributed by atoms with van der Waals surface area (Å²) in [6.07, 6.45) is 5.16. The lowest BCUT2D eigenvalue weighted by Gasteiger charge is -2.33. The van der Waals surface area contributed by atoms with Gasteiger partial charge in [0.2, 0.25) is 0 Å². The highest BCUT2D eigenvalue weighted by Crippen LogP contribution is 2.34. The van der Waals surface area contributed by atoms with Crippen LogP contribution in [-0.2, 0) is 0 Å². The SMILES string of the molecule is CCC(C)SC1CC(C)CCC1N. The highest BCUT2D eigenvalue weighted by molar-refractivity contribution is 8.00. The van der Waals surface area contributed by atoms with Crippen LogP contribution in [0.2, 0.25) is 0 Å². The first-order valence-electron chi connectivity index (χ1n) is 5.54. The number of rotatable bonds is 3. The van der Waals surface area contributed by atoms with E-state index in [0.29, 0.717) is 6.04 Å². The van der Waals surface area contributed by atoms with E-state index in [2.05, 4.69) is 32.5 Å². The molecule has 1 nitrogen and oxygen atoms in total. The minimum atomic E-state index is 0.454. The van der Waals surface area contributed by atoms with Gasteiger partial charge in [-0.15, -0.1) is 0 Å². The summed E-state index contributed by atoms with van der Waals surface area (Å²) in [6, 6.07) is 0.454. The molecule has 0 saturated heterocycles. The van der Waals surface area contributed by atoms with Crippen LogP contribution in [0.25, 0.3) is 0 Å². The van der Waals surface area contributed by atoms with Gasteiger partial charge in [0.05, 0.1) is 0 Å². The Morgan fingerprint density at radius 1 is 1.46 bits per heavy atom. The lowest BCUT2D eigenvalue weighted by atomic mass is 9.87. The monoisotopic (exact) mass is 201 g/mol. The Kier molecular flexibility index (Phi) is 4.60. The minimum absolute atomic E-state index is 0.454. The Labute approximate surface area is 86.8 Å².